The maximum atomic E-state index is 12.2. The maximum absolute atomic E-state index is 12.2. The number of carbonyl (C=O) groups excluding carboxylic acids is 1. The summed E-state index contributed by atoms with van der Waals surface area (Å²) in [6.07, 6.45) is 1.57. The summed E-state index contributed by atoms with van der Waals surface area (Å²) in [5.74, 6) is -1.06. The van der Waals surface area contributed by atoms with Gasteiger partial charge < -0.3 is 10.4 Å². The van der Waals surface area contributed by atoms with Gasteiger partial charge in [0.2, 0.25) is 5.91 Å². The molecular weight excluding hydrogens is 278 g/mol. The molecule has 0 saturated carbocycles. The number of carbonyl (C=O) groups is 2. The van der Waals surface area contributed by atoms with Crippen LogP contribution >= 0.6 is 0 Å². The third-order valence-electron chi connectivity index (χ3n) is 3.65. The second-order valence-electron chi connectivity index (χ2n) is 6.94. The third-order valence-corrected chi connectivity index (χ3v) is 3.65. The summed E-state index contributed by atoms with van der Waals surface area (Å²) >= 11 is 0. The number of nitrogens with one attached hydrogen (secondary N) is 1. The number of amides is 1. The lowest BCUT2D eigenvalue weighted by atomic mass is 9.87. The van der Waals surface area contributed by atoms with Crippen molar-refractivity contribution >= 4 is 11.9 Å². The van der Waals surface area contributed by atoms with Gasteiger partial charge in [-0.15, -0.1) is 0 Å². The number of rotatable bonds is 7. The van der Waals surface area contributed by atoms with E-state index in [9.17, 15) is 14.7 Å². The Bertz CT molecular complexity index is 491. The Morgan fingerprint density at radius 2 is 1.77 bits per heavy atom. The van der Waals surface area contributed by atoms with E-state index in [0.29, 0.717) is 12.8 Å². The fraction of sp³-hybridized carbons (Fsp3) is 0.556. The molecule has 0 heterocycles. The molecule has 0 spiro atoms. The number of hydrogen-bond donors (Lipinski definition) is 2. The van der Waals surface area contributed by atoms with Crippen LogP contribution in [0.15, 0.2) is 30.3 Å². The topological polar surface area (TPSA) is 66.4 Å². The van der Waals surface area contributed by atoms with Crippen LogP contribution in [0.3, 0.4) is 0 Å². The summed E-state index contributed by atoms with van der Waals surface area (Å²) in [5, 5.41) is 11.9. The van der Waals surface area contributed by atoms with Crippen LogP contribution in [0.5, 0.6) is 0 Å². The van der Waals surface area contributed by atoms with Crippen molar-refractivity contribution in [3.05, 3.63) is 35.9 Å². The van der Waals surface area contributed by atoms with E-state index in [1.54, 1.807) is 0 Å². The Hall–Kier alpha value is -1.84. The largest absolute Gasteiger partial charge is 0.480 e. The number of carboxylic acids is 1. The average molecular weight is 305 g/mol. The highest BCUT2D eigenvalue weighted by atomic mass is 16.4. The Labute approximate surface area is 132 Å². The summed E-state index contributed by atoms with van der Waals surface area (Å²) in [6.45, 7) is 7.94. The third kappa shape index (κ3) is 6.29. The molecule has 1 unspecified atom stereocenters. The van der Waals surface area contributed by atoms with Crippen LogP contribution < -0.4 is 5.32 Å². The molecule has 122 valence electrons. The van der Waals surface area contributed by atoms with Crippen LogP contribution in [-0.4, -0.2) is 23.0 Å². The monoisotopic (exact) mass is 305 g/mol. The maximum Gasteiger partial charge on any atom is 0.326 e. The second-order valence-corrected chi connectivity index (χ2v) is 6.94. The lowest BCUT2D eigenvalue weighted by molar-refractivity contribution is -0.142. The molecule has 0 aliphatic carbocycles. The number of hydrogen-bond acceptors (Lipinski definition) is 2. The van der Waals surface area contributed by atoms with E-state index in [-0.39, 0.29) is 17.2 Å². The molecule has 0 radical (unpaired) electrons. The van der Waals surface area contributed by atoms with Gasteiger partial charge in [0.05, 0.1) is 0 Å². The zero-order valence-corrected chi connectivity index (χ0v) is 13.9. The summed E-state index contributed by atoms with van der Waals surface area (Å²) in [5.41, 5.74) is 0.961. The van der Waals surface area contributed by atoms with Gasteiger partial charge in [-0.25, -0.2) is 4.79 Å². The first-order valence-corrected chi connectivity index (χ1v) is 7.80. The molecule has 2 N–H and O–H groups in total. The van der Waals surface area contributed by atoms with E-state index in [4.69, 9.17) is 0 Å². The highest BCUT2D eigenvalue weighted by Crippen LogP contribution is 2.24. The number of benzene rings is 1. The van der Waals surface area contributed by atoms with Crippen LogP contribution in [-0.2, 0) is 9.59 Å². The Morgan fingerprint density at radius 3 is 2.23 bits per heavy atom. The smallest absolute Gasteiger partial charge is 0.326 e. The fourth-order valence-corrected chi connectivity index (χ4v) is 2.51. The van der Waals surface area contributed by atoms with Gasteiger partial charge in [-0.1, -0.05) is 58.0 Å². The van der Waals surface area contributed by atoms with E-state index in [2.05, 4.69) is 5.32 Å². The average Bonchev–Trinajstić information content (AvgIpc) is 2.43. The van der Waals surface area contributed by atoms with Crippen LogP contribution in [0, 0.1) is 5.41 Å². The van der Waals surface area contributed by atoms with Crippen LogP contribution in [0.1, 0.15) is 58.4 Å². The molecular formula is C18H27NO3. The minimum atomic E-state index is -0.976. The minimum Gasteiger partial charge on any atom is -0.480 e. The normalized spacial score (nSPS) is 14.2. The standard InChI is InChI=1S/C18H27NO3/c1-5-13(14-9-7-6-8-10-14)11-16(20)19-15(17(21)22)12-18(2,3)4/h6-10,13,15H,5,11-12H2,1-4H3,(H,19,20)(H,21,22)/t13?,15-/m0/s1. The van der Waals surface area contributed by atoms with Gasteiger partial charge in [-0.05, 0) is 29.7 Å². The summed E-state index contributed by atoms with van der Waals surface area (Å²) in [4.78, 5) is 23.5. The van der Waals surface area contributed by atoms with Gasteiger partial charge >= 0.3 is 5.97 Å². The van der Waals surface area contributed by atoms with Crippen molar-refractivity contribution in [1.29, 1.82) is 0 Å². The Balaban J connectivity index is 2.68. The van der Waals surface area contributed by atoms with Crippen molar-refractivity contribution < 1.29 is 14.7 Å². The molecule has 0 aliphatic rings. The van der Waals surface area contributed by atoms with Crippen molar-refractivity contribution in [2.45, 2.75) is 58.9 Å². The van der Waals surface area contributed by atoms with Gasteiger partial charge in [0.15, 0.2) is 0 Å². The highest BCUT2D eigenvalue weighted by molar-refractivity contribution is 5.84. The van der Waals surface area contributed by atoms with Crippen LogP contribution in [0.2, 0.25) is 0 Å². The van der Waals surface area contributed by atoms with E-state index in [1.165, 1.54) is 0 Å². The first kappa shape index (κ1) is 18.2. The number of aliphatic carboxylic acids is 1. The second kappa shape index (κ2) is 7.97. The Kier molecular flexibility index (Phi) is 6.60. The lowest BCUT2D eigenvalue weighted by Gasteiger charge is -2.24. The van der Waals surface area contributed by atoms with E-state index < -0.39 is 12.0 Å². The first-order valence-electron chi connectivity index (χ1n) is 7.80. The molecule has 1 aromatic carbocycles. The van der Waals surface area contributed by atoms with Crippen molar-refractivity contribution in [2.75, 3.05) is 0 Å². The SMILES string of the molecule is CCC(CC(=O)N[C@@H](CC(C)(C)C)C(=O)O)c1ccccc1. The van der Waals surface area contributed by atoms with E-state index >= 15 is 0 Å². The molecule has 2 atom stereocenters. The van der Waals surface area contributed by atoms with Gasteiger partial charge in [0.25, 0.3) is 0 Å². The summed E-state index contributed by atoms with van der Waals surface area (Å²) in [7, 11) is 0. The lowest BCUT2D eigenvalue weighted by Crippen LogP contribution is -2.43. The van der Waals surface area contributed by atoms with Crippen molar-refractivity contribution in [3.63, 3.8) is 0 Å². The molecule has 4 heteroatoms. The highest BCUT2D eigenvalue weighted by Gasteiger charge is 2.26. The molecule has 0 bridgehead atoms. The van der Waals surface area contributed by atoms with E-state index in [1.807, 2.05) is 58.0 Å². The van der Waals surface area contributed by atoms with Crippen LogP contribution in [0.25, 0.3) is 0 Å². The fourth-order valence-electron chi connectivity index (χ4n) is 2.51. The van der Waals surface area contributed by atoms with Crippen molar-refractivity contribution in [3.8, 4) is 0 Å². The molecule has 22 heavy (non-hydrogen) atoms. The van der Waals surface area contributed by atoms with Gasteiger partial charge in [0, 0.05) is 6.42 Å². The summed E-state index contributed by atoms with van der Waals surface area (Å²) in [6, 6.07) is 9.03. The van der Waals surface area contributed by atoms with Gasteiger partial charge in [-0.2, -0.15) is 0 Å². The Morgan fingerprint density at radius 1 is 1.18 bits per heavy atom. The molecule has 1 rings (SSSR count). The molecule has 1 aromatic rings. The quantitative estimate of drug-likeness (QED) is 0.809. The van der Waals surface area contributed by atoms with Crippen LogP contribution in [0.4, 0.5) is 0 Å². The molecule has 1 amide bonds. The van der Waals surface area contributed by atoms with E-state index in [0.717, 1.165) is 12.0 Å². The predicted molar refractivity (Wildman–Crippen MR) is 87.7 cm³/mol. The molecule has 0 fully saturated rings. The molecule has 0 saturated heterocycles. The predicted octanol–water partition coefficient (Wildman–Crippen LogP) is 3.58. The first-order chi connectivity index (χ1) is 10.2. The summed E-state index contributed by atoms with van der Waals surface area (Å²) < 4.78 is 0. The minimum absolute atomic E-state index is 0.116. The zero-order chi connectivity index (χ0) is 16.8. The molecule has 4 nitrogen and oxygen atoms in total. The van der Waals surface area contributed by atoms with Gasteiger partial charge in [0.1, 0.15) is 6.04 Å². The zero-order valence-electron chi connectivity index (χ0n) is 13.9. The molecule has 0 aliphatic heterocycles. The van der Waals surface area contributed by atoms with Gasteiger partial charge in [-0.3, -0.25) is 4.79 Å². The van der Waals surface area contributed by atoms with Crippen molar-refractivity contribution in [1.82, 2.24) is 5.32 Å². The number of carboxylic acid groups (broad SMARTS) is 1. The van der Waals surface area contributed by atoms with Crippen molar-refractivity contribution in [2.24, 2.45) is 5.41 Å². The molecule has 0 aromatic heterocycles.